The molecule has 17 rings (SSSR count). The summed E-state index contributed by atoms with van der Waals surface area (Å²) in [5.41, 5.74) is 15.5. The normalized spacial score (nSPS) is 15.8. The highest BCUT2D eigenvalue weighted by molar-refractivity contribution is 9.10. The van der Waals surface area contributed by atoms with Gasteiger partial charge in [-0.15, -0.1) is 40.8 Å². The lowest BCUT2D eigenvalue weighted by Crippen LogP contribution is -2.38. The van der Waals surface area contributed by atoms with Gasteiger partial charge in [0.2, 0.25) is 63.9 Å². The molecule has 5 saturated heterocycles. The highest BCUT2D eigenvalue weighted by Crippen LogP contribution is 2.34. The van der Waals surface area contributed by atoms with E-state index in [9.17, 15) is 43.9 Å². The lowest BCUT2D eigenvalue weighted by atomic mass is 10.1. The van der Waals surface area contributed by atoms with E-state index in [-0.39, 0.29) is 51.0 Å². The molecule has 11 N–H and O–H groups in total. The molecule has 9 heterocycles. The Hall–Kier alpha value is -10.8. The highest BCUT2D eigenvalue weighted by Gasteiger charge is 2.27. The number of aromatic nitrogens is 12. The van der Waals surface area contributed by atoms with Crippen LogP contribution in [0.5, 0.6) is 0 Å². The van der Waals surface area contributed by atoms with E-state index in [0.717, 1.165) is 147 Å². The molecule has 39 nitrogen and oxygen atoms in total. The van der Waals surface area contributed by atoms with E-state index in [1.807, 2.05) is 76.2 Å². The zero-order valence-electron chi connectivity index (χ0n) is 81.2. The molecule has 0 amide bonds. The van der Waals surface area contributed by atoms with Gasteiger partial charge in [-0.3, -0.25) is 0 Å². The first-order valence-electron chi connectivity index (χ1n) is 48.2. The monoisotopic (exact) mass is 2070 g/mol. The minimum atomic E-state index is -3.57. The van der Waals surface area contributed by atoms with Crippen LogP contribution in [0, 0.1) is 27.7 Å². The molecule has 0 saturated carbocycles. The molecule has 12 aromatic rings. The number of hydrogen-bond acceptors (Lipinski definition) is 35. The number of halogens is 1. The molecule has 5 fully saturated rings. The first-order valence-corrected chi connectivity index (χ1v) is 54.9. The van der Waals surface area contributed by atoms with Crippen molar-refractivity contribution in [3.05, 3.63) is 172 Å². The molecule has 4 aromatic heterocycles. The van der Waals surface area contributed by atoms with Crippen LogP contribution in [-0.4, -0.2) is 305 Å². The Morgan fingerprint density at radius 3 is 0.986 bits per heavy atom. The predicted octanol–water partition coefficient (Wildman–Crippen LogP) is 11.0. The number of nitrogens with zero attached hydrogens (tertiary/aromatic N) is 19. The largest absolute Gasteiger partial charge is 0.395 e. The van der Waals surface area contributed by atoms with Crippen LogP contribution in [0.3, 0.4) is 0 Å². The van der Waals surface area contributed by atoms with Gasteiger partial charge in [0.25, 0.3) is 0 Å². The standard InChI is InChI=1S/C27H39N7O4S.C25H33N7O3S.C25H35N7O3S.C20H23BrN6O2S/c1-20(2)34(14-16-38-17-15-35)26-19-25-24(18-21(26)3)30-27(32-31-25)29-22-6-8-23(9-7-22)39(36,37)28-10-13-33-11-4-5-12-33;1-18-15-22-23(16-24(18)32-13-4-5-20(33)17-32)29-30-25(28-22)27-19-6-8-21(9-7-19)36(34,35)26-10-14-31-11-2-3-12-31;1-18(2)32(14-15-33)24-17-23-22(16-19(24)3)28-25(30-29-23)27-20-6-8-21(9-7-20)36(34,35)26-10-13-31-11-4-5-12-31;1-14-12-18-19(13-17(14)21)25-26-20(24-18)23-15-4-6-16(7-5-15)30(28,29)22-8-11-27-9-2-3-10-27/h6-9,18-20,28,35H,4-5,10-17H2,1-3H3,(H,29,30,32);6-9,15-16,20,26,33H,2-5,10-14,17H2,1H3,(H,27,28,30);6-9,16-18,26,33H,4-5,10-15H2,1-3H3,(H,27,28,30);4-7,12-13,22H,2-3,8-11H2,1H3,(H,23,24,26). The molecule has 0 bridgehead atoms. The second-order valence-electron chi connectivity index (χ2n) is 36.3. The van der Waals surface area contributed by atoms with Gasteiger partial charge in [-0.25, -0.2) is 72.5 Å². The number of aryl methyl sites for hydroxylation is 4. The average molecular weight is 2070 g/mol. The van der Waals surface area contributed by atoms with Gasteiger partial charge in [0.05, 0.1) is 74.2 Å². The lowest BCUT2D eigenvalue weighted by molar-refractivity contribution is 0.0961. The van der Waals surface area contributed by atoms with Crippen molar-refractivity contribution in [3.63, 3.8) is 0 Å². The zero-order chi connectivity index (χ0) is 99.8. The Labute approximate surface area is 834 Å². The third kappa shape index (κ3) is 30.0. The number of ether oxygens (including phenoxy) is 1. The minimum absolute atomic E-state index is 0.00766. The number of rotatable bonds is 40. The Bertz CT molecular complexity index is 6660. The predicted molar refractivity (Wildman–Crippen MR) is 556 cm³/mol. The van der Waals surface area contributed by atoms with Gasteiger partial charge >= 0.3 is 0 Å². The molecular formula is C97H130BrN27O12S4. The Balaban J connectivity index is 0.000000150. The van der Waals surface area contributed by atoms with Crippen LogP contribution >= 0.6 is 15.9 Å². The number of β-amino-alcohol motifs (C(OH)–C–C–N with tert-alkyl or cyclic N) is 1. The van der Waals surface area contributed by atoms with Crippen LogP contribution in [0.1, 0.15) is 114 Å². The van der Waals surface area contributed by atoms with Crippen LogP contribution < -0.4 is 54.9 Å². The molecule has 44 heteroatoms. The Kier molecular flexibility index (Phi) is 37.6. The first-order chi connectivity index (χ1) is 67.8. The molecular weight excluding hydrogens is 1940 g/mol. The summed E-state index contributed by atoms with van der Waals surface area (Å²) in [5, 5.41) is 74.8. The molecule has 141 heavy (non-hydrogen) atoms. The Morgan fingerprint density at radius 1 is 0.369 bits per heavy atom. The number of sulfonamides is 4. The molecule has 0 spiro atoms. The molecule has 1 atom stereocenters. The van der Waals surface area contributed by atoms with Crippen molar-refractivity contribution in [2.24, 2.45) is 0 Å². The number of fused-ring (bicyclic) bond motifs is 4. The van der Waals surface area contributed by atoms with Gasteiger partial charge in [-0.1, -0.05) is 15.9 Å². The van der Waals surface area contributed by atoms with E-state index in [1.165, 1.54) is 51.4 Å². The fraction of sp³-hybridized carbons (Fsp3) is 0.464. The number of nitrogens with one attached hydrogen (secondary N) is 8. The number of anilines is 11. The summed E-state index contributed by atoms with van der Waals surface area (Å²) < 4.78 is 118. The summed E-state index contributed by atoms with van der Waals surface area (Å²) in [6, 6.07) is 42.2. The topological polar surface area (TPSA) is 480 Å². The quantitative estimate of drug-likeness (QED) is 0.0159. The van der Waals surface area contributed by atoms with Gasteiger partial charge in [0.15, 0.2) is 0 Å². The summed E-state index contributed by atoms with van der Waals surface area (Å²) >= 11 is 3.48. The summed E-state index contributed by atoms with van der Waals surface area (Å²) in [5.74, 6) is 1.34. The van der Waals surface area contributed by atoms with Crippen LogP contribution in [0.15, 0.2) is 170 Å². The molecule has 5 aliphatic rings. The summed E-state index contributed by atoms with van der Waals surface area (Å²) in [6.07, 6.45) is 10.9. The van der Waals surface area contributed by atoms with Crippen LogP contribution in [0.4, 0.5) is 63.6 Å². The SMILES string of the molecule is Cc1cc2nc(Nc3ccc(S(=O)(=O)NCCN4CCCC4)cc3)nnc2cc1Br.Cc1cc2nc(Nc3ccc(S(=O)(=O)NCCN4CCCC4)cc3)nnc2cc1N(CCO)C(C)C.Cc1cc2nc(Nc3ccc(S(=O)(=O)NCCN4CCCC4)cc3)nnc2cc1N(CCOCCO)C(C)C.Cc1cc2nc(Nc3ccc(S(=O)(=O)NCCN4CCCC4)cc3)nnc2cc1N1CCCC(O)C1. The lowest BCUT2D eigenvalue weighted by Gasteiger charge is -2.33. The summed E-state index contributed by atoms with van der Waals surface area (Å²) in [4.78, 5) is 34.8. The number of aliphatic hydroxyl groups is 3. The summed E-state index contributed by atoms with van der Waals surface area (Å²) in [7, 11) is -14.2. The van der Waals surface area contributed by atoms with Crippen LogP contribution in [0.25, 0.3) is 44.1 Å². The van der Waals surface area contributed by atoms with Crippen molar-refractivity contribution >= 4 is 164 Å². The highest BCUT2D eigenvalue weighted by atomic mass is 79.9. The molecule has 756 valence electrons. The second kappa shape index (κ2) is 50.0. The fourth-order valence-electron chi connectivity index (χ4n) is 17.5. The van der Waals surface area contributed by atoms with Crippen molar-refractivity contribution in [3.8, 4) is 0 Å². The maximum atomic E-state index is 12.7. The van der Waals surface area contributed by atoms with Gasteiger partial charge in [-0.05, 0) is 340 Å². The fourth-order valence-corrected chi connectivity index (χ4v) is 21.9. The third-order valence-electron chi connectivity index (χ3n) is 25.1. The Morgan fingerprint density at radius 2 is 0.674 bits per heavy atom. The molecule has 0 radical (unpaired) electrons. The number of piperidine rings is 1. The van der Waals surface area contributed by atoms with Crippen molar-refractivity contribution in [2.45, 2.75) is 157 Å². The second-order valence-corrected chi connectivity index (χ2v) is 44.2. The van der Waals surface area contributed by atoms with E-state index in [0.29, 0.717) is 144 Å². The minimum Gasteiger partial charge on any atom is -0.395 e. The number of hydrogen-bond donors (Lipinski definition) is 11. The van der Waals surface area contributed by atoms with Crippen LogP contribution in [0.2, 0.25) is 0 Å². The number of benzene rings is 8. The third-order valence-corrected chi connectivity index (χ3v) is 31.8. The van der Waals surface area contributed by atoms with E-state index in [2.05, 4.69) is 179 Å². The maximum absolute atomic E-state index is 12.7. The van der Waals surface area contributed by atoms with Gasteiger partial charge in [0, 0.05) is 135 Å². The van der Waals surface area contributed by atoms with Gasteiger partial charge in [0.1, 0.15) is 22.1 Å². The zero-order valence-corrected chi connectivity index (χ0v) is 86.0. The average Bonchev–Trinajstić information content (AvgIpc) is 1.33. The number of aliphatic hydroxyl groups excluding tert-OH is 3. The van der Waals surface area contributed by atoms with Crippen molar-refractivity contribution < 1.29 is 53.7 Å². The van der Waals surface area contributed by atoms with Gasteiger partial charge < -0.3 is 75.6 Å². The molecule has 1 unspecified atom stereocenters. The van der Waals surface area contributed by atoms with E-state index in [1.54, 1.807) is 97.1 Å². The number of likely N-dealkylation sites (tertiary alicyclic amines) is 4. The van der Waals surface area contributed by atoms with E-state index >= 15 is 0 Å². The molecule has 8 aromatic carbocycles. The summed E-state index contributed by atoms with van der Waals surface area (Å²) in [6.45, 7) is 32.9. The van der Waals surface area contributed by atoms with Crippen LogP contribution in [-0.2, 0) is 44.8 Å². The van der Waals surface area contributed by atoms with E-state index in [4.69, 9.17) is 9.84 Å². The molecule has 5 aliphatic heterocycles. The first kappa shape index (κ1) is 106. The smallest absolute Gasteiger partial charge is 0.247 e. The molecule has 0 aliphatic carbocycles. The maximum Gasteiger partial charge on any atom is 0.247 e. The van der Waals surface area contributed by atoms with Crippen molar-refractivity contribution in [2.75, 3.05) is 193 Å². The van der Waals surface area contributed by atoms with E-state index < -0.39 is 40.1 Å². The van der Waals surface area contributed by atoms with Crippen molar-refractivity contribution in [1.29, 1.82) is 0 Å². The van der Waals surface area contributed by atoms with Crippen molar-refractivity contribution in [1.82, 2.24) is 99.2 Å². The van der Waals surface area contributed by atoms with Gasteiger partial charge in [-0.2, -0.15) is 0 Å².